The van der Waals surface area contributed by atoms with Gasteiger partial charge in [-0.25, -0.2) is 4.79 Å². The number of carbonyl (C=O) groups excluding carboxylic acids is 1. The molecule has 2 amide bonds. The molecule has 1 aromatic carbocycles. The van der Waals surface area contributed by atoms with Crippen molar-refractivity contribution in [1.82, 2.24) is 0 Å². The predicted octanol–water partition coefficient (Wildman–Crippen LogP) is 4.27. The lowest BCUT2D eigenvalue weighted by Crippen LogP contribution is -2.19. The molecule has 0 aliphatic rings. The van der Waals surface area contributed by atoms with Gasteiger partial charge >= 0.3 is 6.03 Å². The largest absolute Gasteiger partial charge is 0.380 e. The first-order chi connectivity index (χ1) is 9.04. The van der Waals surface area contributed by atoms with Crippen LogP contribution in [0.2, 0.25) is 4.34 Å². The summed E-state index contributed by atoms with van der Waals surface area (Å²) in [7, 11) is 0. The highest BCUT2D eigenvalue weighted by atomic mass is 79.9. The van der Waals surface area contributed by atoms with Crippen LogP contribution < -0.4 is 16.4 Å². The van der Waals surface area contributed by atoms with E-state index in [0.29, 0.717) is 12.2 Å². The standard InChI is InChI=1S/C12H11BrClN3OS/c13-10-5-9(19-11(10)14)6-16-7-1-3-8(4-2-7)17-12(15)18/h1-5,16H,6H2,(H3,15,17,18). The van der Waals surface area contributed by atoms with Gasteiger partial charge in [0.25, 0.3) is 0 Å². The van der Waals surface area contributed by atoms with Gasteiger partial charge in [0, 0.05) is 27.3 Å². The third-order valence-electron chi connectivity index (χ3n) is 2.32. The van der Waals surface area contributed by atoms with Gasteiger partial charge in [0.15, 0.2) is 0 Å². The van der Waals surface area contributed by atoms with E-state index in [1.807, 2.05) is 18.2 Å². The van der Waals surface area contributed by atoms with Gasteiger partial charge in [-0.15, -0.1) is 11.3 Å². The van der Waals surface area contributed by atoms with Crippen LogP contribution in [0.25, 0.3) is 0 Å². The van der Waals surface area contributed by atoms with E-state index < -0.39 is 6.03 Å². The van der Waals surface area contributed by atoms with E-state index in [9.17, 15) is 4.79 Å². The zero-order chi connectivity index (χ0) is 13.8. The second kappa shape index (κ2) is 6.27. The molecule has 7 heteroatoms. The highest BCUT2D eigenvalue weighted by Gasteiger charge is 2.04. The molecule has 0 spiro atoms. The number of nitrogens with two attached hydrogens (primary N) is 1. The van der Waals surface area contributed by atoms with E-state index in [-0.39, 0.29) is 0 Å². The molecule has 0 radical (unpaired) electrons. The van der Waals surface area contributed by atoms with Gasteiger partial charge in [0.1, 0.15) is 4.34 Å². The molecule has 0 bridgehead atoms. The van der Waals surface area contributed by atoms with E-state index >= 15 is 0 Å². The highest BCUT2D eigenvalue weighted by molar-refractivity contribution is 9.10. The number of urea groups is 1. The average Bonchev–Trinajstić information content (AvgIpc) is 2.67. The van der Waals surface area contributed by atoms with E-state index in [4.69, 9.17) is 17.3 Å². The molecule has 0 saturated carbocycles. The number of halogens is 2. The van der Waals surface area contributed by atoms with Crippen LogP contribution in [0.3, 0.4) is 0 Å². The van der Waals surface area contributed by atoms with Gasteiger partial charge in [0.2, 0.25) is 0 Å². The lowest BCUT2D eigenvalue weighted by Gasteiger charge is -2.06. The number of amides is 2. The summed E-state index contributed by atoms with van der Waals surface area (Å²) in [6.45, 7) is 0.693. The van der Waals surface area contributed by atoms with Crippen molar-refractivity contribution < 1.29 is 4.79 Å². The van der Waals surface area contributed by atoms with E-state index in [1.165, 1.54) is 11.3 Å². The smallest absolute Gasteiger partial charge is 0.316 e. The summed E-state index contributed by atoms with van der Waals surface area (Å²) in [5.41, 5.74) is 6.65. The molecule has 0 aliphatic carbocycles. The molecule has 19 heavy (non-hydrogen) atoms. The van der Waals surface area contributed by atoms with Crippen LogP contribution in [-0.4, -0.2) is 6.03 Å². The Kier molecular flexibility index (Phi) is 4.68. The number of thiophene rings is 1. The van der Waals surface area contributed by atoms with Gasteiger partial charge in [-0.2, -0.15) is 0 Å². The quantitative estimate of drug-likeness (QED) is 0.762. The van der Waals surface area contributed by atoms with E-state index in [1.54, 1.807) is 12.1 Å². The van der Waals surface area contributed by atoms with Gasteiger partial charge < -0.3 is 16.4 Å². The monoisotopic (exact) mass is 359 g/mol. The Labute approximate surface area is 128 Å². The number of hydrogen-bond acceptors (Lipinski definition) is 3. The van der Waals surface area contributed by atoms with Crippen LogP contribution >= 0.6 is 38.9 Å². The van der Waals surface area contributed by atoms with Crippen LogP contribution in [0.15, 0.2) is 34.8 Å². The van der Waals surface area contributed by atoms with Gasteiger partial charge in [-0.1, -0.05) is 11.6 Å². The fourth-order valence-electron chi connectivity index (χ4n) is 1.48. The second-order valence-electron chi connectivity index (χ2n) is 3.75. The van der Waals surface area contributed by atoms with Crippen LogP contribution in [0.1, 0.15) is 4.88 Å². The summed E-state index contributed by atoms with van der Waals surface area (Å²) in [4.78, 5) is 11.8. The molecular weight excluding hydrogens is 350 g/mol. The van der Waals surface area contributed by atoms with Crippen LogP contribution in [-0.2, 0) is 6.54 Å². The fraction of sp³-hybridized carbons (Fsp3) is 0.0833. The number of anilines is 2. The normalized spacial score (nSPS) is 10.2. The Balaban J connectivity index is 1.94. The Morgan fingerprint density at radius 2 is 1.95 bits per heavy atom. The van der Waals surface area contributed by atoms with Crippen molar-refractivity contribution in [2.24, 2.45) is 5.73 Å². The summed E-state index contributed by atoms with van der Waals surface area (Å²) < 4.78 is 1.66. The van der Waals surface area contributed by atoms with Gasteiger partial charge in [-0.05, 0) is 46.3 Å². The van der Waals surface area contributed by atoms with Crippen molar-refractivity contribution in [3.05, 3.63) is 44.0 Å². The summed E-state index contributed by atoms with van der Waals surface area (Å²) in [5.74, 6) is 0. The molecule has 0 unspecified atom stereocenters. The number of rotatable bonds is 4. The molecule has 0 aliphatic heterocycles. The van der Waals surface area contributed by atoms with Crippen molar-refractivity contribution in [3.8, 4) is 0 Å². The van der Waals surface area contributed by atoms with E-state index in [2.05, 4.69) is 26.6 Å². The predicted molar refractivity (Wildman–Crippen MR) is 84.0 cm³/mol. The SMILES string of the molecule is NC(=O)Nc1ccc(NCc2cc(Br)c(Cl)s2)cc1. The zero-order valence-corrected chi connectivity index (χ0v) is 12.9. The zero-order valence-electron chi connectivity index (χ0n) is 9.74. The minimum atomic E-state index is -0.571. The second-order valence-corrected chi connectivity index (χ2v) is 6.35. The molecule has 1 aromatic heterocycles. The number of benzene rings is 1. The molecule has 4 nitrogen and oxygen atoms in total. The van der Waals surface area contributed by atoms with Crippen molar-refractivity contribution in [1.29, 1.82) is 0 Å². The molecule has 0 saturated heterocycles. The first kappa shape index (κ1) is 14.2. The molecule has 2 rings (SSSR count). The minimum absolute atomic E-state index is 0.571. The molecule has 1 heterocycles. The maximum absolute atomic E-state index is 10.7. The third kappa shape index (κ3) is 4.12. The van der Waals surface area contributed by atoms with Crippen molar-refractivity contribution in [2.75, 3.05) is 10.6 Å². The number of carbonyl (C=O) groups is 1. The summed E-state index contributed by atoms with van der Waals surface area (Å²) in [6, 6.07) is 8.72. The first-order valence-corrected chi connectivity index (χ1v) is 7.37. The number of primary amides is 1. The van der Waals surface area contributed by atoms with Gasteiger partial charge in [0.05, 0.1) is 0 Å². The fourth-order valence-corrected chi connectivity index (χ4v) is 3.21. The van der Waals surface area contributed by atoms with Crippen LogP contribution in [0.5, 0.6) is 0 Å². The van der Waals surface area contributed by atoms with Crippen molar-refractivity contribution in [3.63, 3.8) is 0 Å². The van der Waals surface area contributed by atoms with E-state index in [0.717, 1.165) is 19.4 Å². The summed E-state index contributed by atoms with van der Waals surface area (Å²) in [6.07, 6.45) is 0. The maximum atomic E-state index is 10.7. The summed E-state index contributed by atoms with van der Waals surface area (Å²) >= 11 is 10.9. The molecule has 0 atom stereocenters. The maximum Gasteiger partial charge on any atom is 0.316 e. The third-order valence-corrected chi connectivity index (χ3v) is 4.79. The molecular formula is C12H11BrClN3OS. The van der Waals surface area contributed by atoms with Crippen molar-refractivity contribution in [2.45, 2.75) is 6.54 Å². The van der Waals surface area contributed by atoms with Crippen molar-refractivity contribution >= 4 is 56.3 Å². The lowest BCUT2D eigenvalue weighted by molar-refractivity contribution is 0.259. The average molecular weight is 361 g/mol. The Morgan fingerprint density at radius 3 is 2.47 bits per heavy atom. The van der Waals surface area contributed by atoms with Gasteiger partial charge in [-0.3, -0.25) is 0 Å². The number of nitrogens with one attached hydrogen (secondary N) is 2. The molecule has 2 aromatic rings. The first-order valence-electron chi connectivity index (χ1n) is 5.38. The topological polar surface area (TPSA) is 67.2 Å². The Hall–Kier alpha value is -1.24. The highest BCUT2D eigenvalue weighted by Crippen LogP contribution is 2.32. The number of hydrogen-bond donors (Lipinski definition) is 3. The molecule has 0 fully saturated rings. The molecule has 100 valence electrons. The Morgan fingerprint density at radius 1 is 1.32 bits per heavy atom. The molecule has 4 N–H and O–H groups in total. The lowest BCUT2D eigenvalue weighted by atomic mass is 10.3. The van der Waals surface area contributed by atoms with Crippen LogP contribution in [0.4, 0.5) is 16.2 Å². The summed E-state index contributed by atoms with van der Waals surface area (Å²) in [5, 5.41) is 5.78. The Bertz CT molecular complexity index is 566. The minimum Gasteiger partial charge on any atom is -0.380 e. The van der Waals surface area contributed by atoms with Crippen LogP contribution in [0, 0.1) is 0 Å².